The lowest BCUT2D eigenvalue weighted by Crippen LogP contribution is -2.76. The predicted molar refractivity (Wildman–Crippen MR) is 82.4 cm³/mol. The van der Waals surface area contributed by atoms with Gasteiger partial charge in [-0.3, -0.25) is 0 Å². The number of hydrogen-bond donors (Lipinski definition) is 2. The first kappa shape index (κ1) is 14.0. The van der Waals surface area contributed by atoms with Crippen molar-refractivity contribution in [3.05, 3.63) is 59.7 Å². The smallest absolute Gasteiger partial charge is 0.155 e. The molecule has 110 valence electrons. The Labute approximate surface area is 125 Å². The van der Waals surface area contributed by atoms with E-state index >= 15 is 0 Å². The normalized spacial score (nSPS) is 23.4. The van der Waals surface area contributed by atoms with Gasteiger partial charge in [0.2, 0.25) is 0 Å². The van der Waals surface area contributed by atoms with Crippen LogP contribution < -0.4 is 10.5 Å². The number of hydrogen-bond acceptors (Lipinski definition) is 2. The summed E-state index contributed by atoms with van der Waals surface area (Å²) in [4.78, 5) is 0. The molecule has 21 heavy (non-hydrogen) atoms. The lowest BCUT2D eigenvalue weighted by molar-refractivity contribution is -0.452. The molecule has 1 aliphatic rings. The molecule has 2 aromatic rings. The van der Waals surface area contributed by atoms with E-state index in [0.717, 1.165) is 12.2 Å². The highest BCUT2D eigenvalue weighted by molar-refractivity contribution is 5.43. The van der Waals surface area contributed by atoms with E-state index in [-0.39, 0.29) is 17.6 Å². The van der Waals surface area contributed by atoms with Crippen molar-refractivity contribution in [1.82, 2.24) is 0 Å². The maximum atomic E-state index is 9.76. The fourth-order valence-corrected chi connectivity index (χ4v) is 3.16. The van der Waals surface area contributed by atoms with Crippen molar-refractivity contribution in [2.24, 2.45) is 0 Å². The second-order valence-corrected chi connectivity index (χ2v) is 6.34. The second kappa shape index (κ2) is 5.08. The largest absolute Gasteiger partial charge is 0.508 e. The topological polar surface area (TPSA) is 57.1 Å². The van der Waals surface area contributed by atoms with Crippen molar-refractivity contribution in [3.8, 4) is 11.5 Å². The van der Waals surface area contributed by atoms with Crippen LogP contribution in [0.1, 0.15) is 25.0 Å². The Morgan fingerprint density at radius 3 is 2.57 bits per heavy atom. The standard InChI is InChI=1S/C18H21NO2/c1-18(2)15-11-13(20)9-8-12(15)10-16(17(18)19)21-14-6-4-3-5-7-14/h3-9,11,16-17,20H,10,19H2,1-2H3/p+1. The molecule has 3 nitrogen and oxygen atoms in total. The van der Waals surface area contributed by atoms with E-state index in [0.29, 0.717) is 5.75 Å². The Bertz CT molecular complexity index is 637. The number of benzene rings is 2. The monoisotopic (exact) mass is 284 g/mol. The van der Waals surface area contributed by atoms with Crippen molar-refractivity contribution >= 4 is 0 Å². The molecule has 0 heterocycles. The molecule has 4 N–H and O–H groups in total. The minimum Gasteiger partial charge on any atom is -0.508 e. The van der Waals surface area contributed by atoms with Crippen LogP contribution in [0.25, 0.3) is 0 Å². The summed E-state index contributed by atoms with van der Waals surface area (Å²) in [7, 11) is 0. The number of quaternary nitrogens is 1. The molecule has 3 heteroatoms. The zero-order valence-corrected chi connectivity index (χ0v) is 12.5. The maximum absolute atomic E-state index is 9.76. The highest BCUT2D eigenvalue weighted by atomic mass is 16.5. The van der Waals surface area contributed by atoms with Gasteiger partial charge in [0, 0.05) is 11.8 Å². The van der Waals surface area contributed by atoms with Gasteiger partial charge in [0.05, 0.1) is 0 Å². The number of para-hydroxylation sites is 1. The SMILES string of the molecule is CC1(C)c2cc(O)ccc2CC(Oc2ccccc2)C1[NH3+]. The third-order valence-electron chi connectivity index (χ3n) is 4.62. The first-order valence-electron chi connectivity index (χ1n) is 7.35. The molecule has 0 aromatic heterocycles. The number of ether oxygens (including phenoxy) is 1. The second-order valence-electron chi connectivity index (χ2n) is 6.34. The van der Waals surface area contributed by atoms with Crippen molar-refractivity contribution in [2.75, 3.05) is 0 Å². The summed E-state index contributed by atoms with van der Waals surface area (Å²) in [5, 5.41) is 9.76. The first-order chi connectivity index (χ1) is 9.98. The number of fused-ring (bicyclic) bond motifs is 1. The van der Waals surface area contributed by atoms with Crippen molar-refractivity contribution in [1.29, 1.82) is 0 Å². The summed E-state index contributed by atoms with van der Waals surface area (Å²) in [5.41, 5.74) is 6.63. The van der Waals surface area contributed by atoms with Gasteiger partial charge in [0.1, 0.15) is 17.5 Å². The Balaban J connectivity index is 1.94. The van der Waals surface area contributed by atoms with Crippen LogP contribution in [0.5, 0.6) is 11.5 Å². The van der Waals surface area contributed by atoms with Crippen LogP contribution in [0.4, 0.5) is 0 Å². The molecule has 3 rings (SSSR count). The Kier molecular flexibility index (Phi) is 3.38. The molecule has 0 bridgehead atoms. The summed E-state index contributed by atoms with van der Waals surface area (Å²) >= 11 is 0. The molecule has 1 aliphatic carbocycles. The molecule has 0 radical (unpaired) electrons. The number of phenols is 1. The fourth-order valence-electron chi connectivity index (χ4n) is 3.16. The van der Waals surface area contributed by atoms with Crippen molar-refractivity contribution in [3.63, 3.8) is 0 Å². The van der Waals surface area contributed by atoms with Gasteiger partial charge >= 0.3 is 0 Å². The zero-order valence-electron chi connectivity index (χ0n) is 12.5. The molecule has 0 spiro atoms. The summed E-state index contributed by atoms with van der Waals surface area (Å²) < 4.78 is 6.17. The van der Waals surface area contributed by atoms with Gasteiger partial charge in [-0.15, -0.1) is 0 Å². The highest BCUT2D eigenvalue weighted by Crippen LogP contribution is 2.38. The van der Waals surface area contributed by atoms with Crippen LogP contribution in [-0.2, 0) is 11.8 Å². The van der Waals surface area contributed by atoms with E-state index in [1.807, 2.05) is 42.5 Å². The Morgan fingerprint density at radius 1 is 1.14 bits per heavy atom. The summed E-state index contributed by atoms with van der Waals surface area (Å²) in [5.74, 6) is 1.20. The lowest BCUT2D eigenvalue weighted by Gasteiger charge is -2.40. The minimum atomic E-state index is -0.133. The quantitative estimate of drug-likeness (QED) is 0.889. The van der Waals surface area contributed by atoms with Gasteiger partial charge in [-0.25, -0.2) is 0 Å². The minimum absolute atomic E-state index is 0.0412. The average Bonchev–Trinajstić information content (AvgIpc) is 2.47. The van der Waals surface area contributed by atoms with Gasteiger partial charge in [-0.1, -0.05) is 24.3 Å². The molecule has 0 amide bonds. The van der Waals surface area contributed by atoms with Gasteiger partial charge in [0.15, 0.2) is 6.10 Å². The summed E-state index contributed by atoms with van der Waals surface area (Å²) in [6, 6.07) is 15.6. The predicted octanol–water partition coefficient (Wildman–Crippen LogP) is 2.28. The van der Waals surface area contributed by atoms with E-state index in [1.54, 1.807) is 6.07 Å². The van der Waals surface area contributed by atoms with Gasteiger partial charge in [-0.05, 0) is 49.2 Å². The molecule has 0 aliphatic heterocycles. The average molecular weight is 284 g/mol. The van der Waals surface area contributed by atoms with E-state index < -0.39 is 0 Å². The maximum Gasteiger partial charge on any atom is 0.155 e. The lowest BCUT2D eigenvalue weighted by atomic mass is 9.68. The molecule has 0 saturated carbocycles. The summed E-state index contributed by atoms with van der Waals surface area (Å²) in [6.45, 7) is 4.34. The van der Waals surface area contributed by atoms with E-state index in [2.05, 4.69) is 19.6 Å². The van der Waals surface area contributed by atoms with Gasteiger partial charge in [-0.2, -0.15) is 0 Å². The van der Waals surface area contributed by atoms with Crippen LogP contribution in [-0.4, -0.2) is 17.3 Å². The van der Waals surface area contributed by atoms with Gasteiger partial charge in [0.25, 0.3) is 0 Å². The highest BCUT2D eigenvalue weighted by Gasteiger charge is 2.44. The molecule has 2 unspecified atom stereocenters. The Hall–Kier alpha value is -2.00. The first-order valence-corrected chi connectivity index (χ1v) is 7.35. The molecular weight excluding hydrogens is 262 g/mol. The van der Waals surface area contributed by atoms with Crippen molar-refractivity contribution in [2.45, 2.75) is 37.8 Å². The number of aromatic hydroxyl groups is 1. The van der Waals surface area contributed by atoms with Crippen LogP contribution >= 0.6 is 0 Å². The third kappa shape index (κ3) is 2.49. The van der Waals surface area contributed by atoms with Crippen LogP contribution in [0.3, 0.4) is 0 Å². The molecule has 2 aromatic carbocycles. The number of rotatable bonds is 2. The van der Waals surface area contributed by atoms with E-state index in [1.165, 1.54) is 11.1 Å². The Morgan fingerprint density at radius 2 is 1.86 bits per heavy atom. The van der Waals surface area contributed by atoms with E-state index in [9.17, 15) is 5.11 Å². The fraction of sp³-hybridized carbons (Fsp3) is 0.333. The summed E-state index contributed by atoms with van der Waals surface area (Å²) in [6.07, 6.45) is 0.863. The van der Waals surface area contributed by atoms with Gasteiger partial charge < -0.3 is 15.6 Å². The van der Waals surface area contributed by atoms with E-state index in [4.69, 9.17) is 4.74 Å². The third-order valence-corrected chi connectivity index (χ3v) is 4.62. The van der Waals surface area contributed by atoms with Crippen LogP contribution in [0.2, 0.25) is 0 Å². The van der Waals surface area contributed by atoms with Crippen LogP contribution in [0.15, 0.2) is 48.5 Å². The molecule has 2 atom stereocenters. The molecule has 0 fully saturated rings. The van der Waals surface area contributed by atoms with Crippen molar-refractivity contribution < 1.29 is 15.6 Å². The molecular formula is C18H22NO2+. The van der Waals surface area contributed by atoms with Crippen LogP contribution in [0, 0.1) is 0 Å². The molecule has 0 saturated heterocycles. The number of phenolic OH excluding ortho intramolecular Hbond substituents is 1. The zero-order chi connectivity index (χ0) is 15.0.